The zero-order chi connectivity index (χ0) is 14.6. The van der Waals surface area contributed by atoms with Crippen molar-refractivity contribution in [3.63, 3.8) is 0 Å². The summed E-state index contributed by atoms with van der Waals surface area (Å²) in [6.45, 7) is 8.54. The number of piperidine rings is 1. The SMILES string of the molecule is CC(C)(C)OC(=O)CCN1CCC(n2cccn2)CC1. The van der Waals surface area contributed by atoms with E-state index < -0.39 is 0 Å². The van der Waals surface area contributed by atoms with E-state index in [-0.39, 0.29) is 11.6 Å². The van der Waals surface area contributed by atoms with E-state index in [1.54, 1.807) is 0 Å². The van der Waals surface area contributed by atoms with Gasteiger partial charge in [0, 0.05) is 32.0 Å². The van der Waals surface area contributed by atoms with Crippen LogP contribution in [0.3, 0.4) is 0 Å². The molecule has 0 unspecified atom stereocenters. The third-order valence-electron chi connectivity index (χ3n) is 3.51. The summed E-state index contributed by atoms with van der Waals surface area (Å²) < 4.78 is 7.38. The lowest BCUT2D eigenvalue weighted by molar-refractivity contribution is -0.155. The molecule has 1 fully saturated rings. The van der Waals surface area contributed by atoms with Gasteiger partial charge >= 0.3 is 5.97 Å². The van der Waals surface area contributed by atoms with E-state index in [2.05, 4.69) is 10.00 Å². The van der Waals surface area contributed by atoms with Gasteiger partial charge in [0.15, 0.2) is 0 Å². The quantitative estimate of drug-likeness (QED) is 0.793. The van der Waals surface area contributed by atoms with Crippen molar-refractivity contribution in [2.24, 2.45) is 0 Å². The van der Waals surface area contributed by atoms with Crippen LogP contribution in [0.25, 0.3) is 0 Å². The summed E-state index contributed by atoms with van der Waals surface area (Å²) in [5.41, 5.74) is -0.385. The highest BCUT2D eigenvalue weighted by molar-refractivity contribution is 5.70. The minimum atomic E-state index is -0.385. The van der Waals surface area contributed by atoms with Gasteiger partial charge in [-0.1, -0.05) is 0 Å². The van der Waals surface area contributed by atoms with E-state index in [0.29, 0.717) is 12.5 Å². The third kappa shape index (κ3) is 4.63. The zero-order valence-corrected chi connectivity index (χ0v) is 12.7. The Labute approximate surface area is 120 Å². The number of ether oxygens (including phenoxy) is 1. The molecule has 0 atom stereocenters. The minimum absolute atomic E-state index is 0.105. The normalized spacial score (nSPS) is 18.1. The Hall–Kier alpha value is -1.36. The summed E-state index contributed by atoms with van der Waals surface area (Å²) in [6.07, 6.45) is 6.52. The lowest BCUT2D eigenvalue weighted by Crippen LogP contribution is -2.36. The van der Waals surface area contributed by atoms with Gasteiger partial charge in [0.1, 0.15) is 5.60 Å². The highest BCUT2D eigenvalue weighted by Gasteiger charge is 2.22. The molecule has 2 rings (SSSR count). The van der Waals surface area contributed by atoms with E-state index >= 15 is 0 Å². The van der Waals surface area contributed by atoms with Crippen molar-refractivity contribution in [2.45, 2.75) is 51.7 Å². The van der Waals surface area contributed by atoms with Crippen molar-refractivity contribution in [1.29, 1.82) is 0 Å². The van der Waals surface area contributed by atoms with Crippen molar-refractivity contribution in [3.05, 3.63) is 18.5 Å². The van der Waals surface area contributed by atoms with Gasteiger partial charge < -0.3 is 9.64 Å². The average Bonchev–Trinajstić information content (AvgIpc) is 2.89. The second kappa shape index (κ2) is 6.39. The molecule has 0 amide bonds. The monoisotopic (exact) mass is 279 g/mol. The van der Waals surface area contributed by atoms with E-state index in [9.17, 15) is 4.79 Å². The number of aromatic nitrogens is 2. The molecule has 5 nitrogen and oxygen atoms in total. The van der Waals surface area contributed by atoms with E-state index in [0.717, 1.165) is 32.5 Å². The van der Waals surface area contributed by atoms with Crippen LogP contribution in [-0.4, -0.2) is 45.9 Å². The summed E-state index contributed by atoms with van der Waals surface area (Å²) in [5, 5.41) is 4.30. The molecule has 0 saturated carbocycles. The van der Waals surface area contributed by atoms with Crippen LogP contribution in [0.15, 0.2) is 18.5 Å². The molecule has 0 spiro atoms. The van der Waals surface area contributed by atoms with Crippen LogP contribution in [0.1, 0.15) is 46.1 Å². The highest BCUT2D eigenvalue weighted by Crippen LogP contribution is 2.21. The van der Waals surface area contributed by atoms with E-state index in [1.807, 2.05) is 43.9 Å². The van der Waals surface area contributed by atoms with Gasteiger partial charge in [-0.25, -0.2) is 0 Å². The molecule has 0 aliphatic carbocycles. The van der Waals surface area contributed by atoms with Gasteiger partial charge in [-0.15, -0.1) is 0 Å². The molecule has 1 aromatic rings. The zero-order valence-electron chi connectivity index (χ0n) is 12.7. The van der Waals surface area contributed by atoms with Crippen molar-refractivity contribution >= 4 is 5.97 Å². The lowest BCUT2D eigenvalue weighted by atomic mass is 10.1. The Kier molecular flexibility index (Phi) is 4.81. The first-order valence-corrected chi connectivity index (χ1v) is 7.37. The largest absolute Gasteiger partial charge is 0.460 e. The van der Waals surface area contributed by atoms with Crippen LogP contribution in [0.2, 0.25) is 0 Å². The molecule has 0 aromatic carbocycles. The first kappa shape index (κ1) is 15.0. The van der Waals surface area contributed by atoms with Crippen LogP contribution in [0.4, 0.5) is 0 Å². The molecule has 20 heavy (non-hydrogen) atoms. The molecular weight excluding hydrogens is 254 g/mol. The molecular formula is C15H25N3O2. The van der Waals surface area contributed by atoms with Crippen molar-refractivity contribution < 1.29 is 9.53 Å². The molecule has 1 aliphatic rings. The molecule has 112 valence electrons. The Morgan fingerprint density at radius 2 is 2.05 bits per heavy atom. The van der Waals surface area contributed by atoms with Gasteiger partial charge in [0.2, 0.25) is 0 Å². The van der Waals surface area contributed by atoms with Crippen LogP contribution < -0.4 is 0 Å². The predicted octanol–water partition coefficient (Wildman–Crippen LogP) is 2.25. The number of hydrogen-bond donors (Lipinski definition) is 0. The van der Waals surface area contributed by atoms with E-state index in [1.165, 1.54) is 0 Å². The van der Waals surface area contributed by atoms with E-state index in [4.69, 9.17) is 4.74 Å². The topological polar surface area (TPSA) is 47.4 Å². The Morgan fingerprint density at radius 3 is 2.60 bits per heavy atom. The maximum atomic E-state index is 11.7. The van der Waals surface area contributed by atoms with Crippen LogP contribution in [0, 0.1) is 0 Å². The molecule has 1 saturated heterocycles. The van der Waals surface area contributed by atoms with Crippen molar-refractivity contribution in [1.82, 2.24) is 14.7 Å². The standard InChI is InChI=1S/C15H25N3O2/c1-15(2,3)20-14(19)7-12-17-10-5-13(6-11-17)18-9-4-8-16-18/h4,8-9,13H,5-7,10-12H2,1-3H3. The minimum Gasteiger partial charge on any atom is -0.460 e. The molecule has 0 N–H and O–H groups in total. The molecule has 2 heterocycles. The number of rotatable bonds is 4. The van der Waals surface area contributed by atoms with Gasteiger partial charge in [0.05, 0.1) is 12.5 Å². The Morgan fingerprint density at radius 1 is 1.35 bits per heavy atom. The highest BCUT2D eigenvalue weighted by atomic mass is 16.6. The summed E-state index contributed by atoms with van der Waals surface area (Å²) in [6, 6.07) is 2.47. The van der Waals surface area contributed by atoms with Crippen LogP contribution in [0.5, 0.6) is 0 Å². The number of likely N-dealkylation sites (tertiary alicyclic amines) is 1. The number of nitrogens with zero attached hydrogens (tertiary/aromatic N) is 3. The molecule has 1 aliphatic heterocycles. The smallest absolute Gasteiger partial charge is 0.307 e. The Balaban J connectivity index is 1.68. The number of hydrogen-bond acceptors (Lipinski definition) is 4. The number of carbonyl (C=O) groups excluding carboxylic acids is 1. The molecule has 0 bridgehead atoms. The van der Waals surface area contributed by atoms with Gasteiger partial charge in [-0.3, -0.25) is 9.48 Å². The fourth-order valence-electron chi connectivity index (χ4n) is 2.55. The van der Waals surface area contributed by atoms with Crippen LogP contribution in [-0.2, 0) is 9.53 Å². The second-order valence-corrected chi connectivity index (χ2v) is 6.40. The van der Waals surface area contributed by atoms with Gasteiger partial charge in [-0.2, -0.15) is 5.10 Å². The summed E-state index contributed by atoms with van der Waals surface area (Å²) in [7, 11) is 0. The van der Waals surface area contributed by atoms with Gasteiger partial charge in [0.25, 0.3) is 0 Å². The maximum Gasteiger partial charge on any atom is 0.307 e. The predicted molar refractivity (Wildman–Crippen MR) is 77.4 cm³/mol. The van der Waals surface area contributed by atoms with Gasteiger partial charge in [-0.05, 0) is 39.7 Å². The summed E-state index contributed by atoms with van der Waals surface area (Å²) in [5.74, 6) is -0.105. The fourth-order valence-corrected chi connectivity index (χ4v) is 2.55. The molecule has 1 aromatic heterocycles. The summed E-state index contributed by atoms with van der Waals surface area (Å²) in [4.78, 5) is 14.0. The lowest BCUT2D eigenvalue weighted by Gasteiger charge is -2.32. The fraction of sp³-hybridized carbons (Fsp3) is 0.733. The number of esters is 1. The van der Waals surface area contributed by atoms with Crippen molar-refractivity contribution in [2.75, 3.05) is 19.6 Å². The summed E-state index contributed by atoms with van der Waals surface area (Å²) >= 11 is 0. The van der Waals surface area contributed by atoms with Crippen LogP contribution >= 0.6 is 0 Å². The van der Waals surface area contributed by atoms with Crippen molar-refractivity contribution in [3.8, 4) is 0 Å². The molecule has 5 heteroatoms. The maximum absolute atomic E-state index is 11.7. The Bertz CT molecular complexity index is 415. The second-order valence-electron chi connectivity index (χ2n) is 6.40. The average molecular weight is 279 g/mol. The first-order chi connectivity index (χ1) is 9.44. The third-order valence-corrected chi connectivity index (χ3v) is 3.51. The first-order valence-electron chi connectivity index (χ1n) is 7.37. The number of carbonyl (C=O) groups is 1. The molecule has 0 radical (unpaired) electrons.